The van der Waals surface area contributed by atoms with Gasteiger partial charge in [-0.2, -0.15) is 0 Å². The molecule has 0 aromatic carbocycles. The number of rotatable bonds is 14. The second-order valence-electron chi connectivity index (χ2n) is 7.73. The summed E-state index contributed by atoms with van der Waals surface area (Å²) in [7, 11) is 1.91. The highest BCUT2D eigenvalue weighted by Crippen LogP contribution is 2.23. The first-order valence-corrected chi connectivity index (χ1v) is 9.29. The molecule has 0 spiro atoms. The molecule has 2 atom stereocenters. The molecule has 0 rings (SSSR count). The lowest BCUT2D eigenvalue weighted by atomic mass is 9.95. The Labute approximate surface area is 157 Å². The van der Waals surface area contributed by atoms with Gasteiger partial charge in [0.25, 0.3) is 0 Å². The molecule has 152 valence electrons. The summed E-state index contributed by atoms with van der Waals surface area (Å²) >= 11 is 0. The van der Waals surface area contributed by atoms with Gasteiger partial charge in [-0.3, -0.25) is 4.79 Å². The van der Waals surface area contributed by atoms with E-state index in [9.17, 15) is 14.4 Å². The molecule has 0 bridgehead atoms. The Bertz CT molecular complexity index is 479. The van der Waals surface area contributed by atoms with Crippen LogP contribution in [0.25, 0.3) is 0 Å². The van der Waals surface area contributed by atoms with Crippen LogP contribution in [0.15, 0.2) is 0 Å². The molecule has 0 fully saturated rings. The molecule has 0 aliphatic heterocycles. The van der Waals surface area contributed by atoms with Crippen LogP contribution in [-0.2, 0) is 19.1 Å². The largest absolute Gasteiger partial charge is 0.480 e. The van der Waals surface area contributed by atoms with Crippen LogP contribution in [0, 0.1) is 0 Å². The van der Waals surface area contributed by atoms with Crippen LogP contribution < -0.4 is 10.6 Å². The van der Waals surface area contributed by atoms with Crippen molar-refractivity contribution in [1.29, 1.82) is 0 Å². The Morgan fingerprint density at radius 2 is 1.73 bits per heavy atom. The second-order valence-corrected chi connectivity index (χ2v) is 7.73. The summed E-state index contributed by atoms with van der Waals surface area (Å²) in [5.41, 5.74) is -0.448. The highest BCUT2D eigenvalue weighted by Gasteiger charge is 2.27. The van der Waals surface area contributed by atoms with Crippen molar-refractivity contribution in [2.75, 3.05) is 13.7 Å². The van der Waals surface area contributed by atoms with Crippen molar-refractivity contribution >= 4 is 17.7 Å². The monoisotopic (exact) mass is 372 g/mol. The molecule has 0 saturated heterocycles. The van der Waals surface area contributed by atoms with Gasteiger partial charge in [0.2, 0.25) is 5.91 Å². The highest BCUT2D eigenvalue weighted by molar-refractivity contribution is 5.84. The van der Waals surface area contributed by atoms with E-state index in [1.807, 2.05) is 20.9 Å². The zero-order valence-corrected chi connectivity index (χ0v) is 17.1. The number of ether oxygens (including phenoxy) is 1. The summed E-state index contributed by atoms with van der Waals surface area (Å²) in [5.74, 6) is -1.55. The Kier molecular flexibility index (Phi) is 10.6. The van der Waals surface area contributed by atoms with E-state index in [0.29, 0.717) is 13.0 Å². The minimum absolute atomic E-state index is 0.0164. The summed E-state index contributed by atoms with van der Waals surface area (Å²) < 4.78 is 6.02. The number of carbonyl (C=O) groups excluding carboxylic acids is 2. The van der Waals surface area contributed by atoms with E-state index in [0.717, 1.165) is 12.8 Å². The van der Waals surface area contributed by atoms with E-state index in [1.165, 1.54) is 6.92 Å². The first kappa shape index (κ1) is 24.5. The lowest BCUT2D eigenvalue weighted by molar-refractivity contribution is -0.142. The van der Waals surface area contributed by atoms with E-state index < -0.39 is 17.6 Å². The van der Waals surface area contributed by atoms with Crippen molar-refractivity contribution in [3.63, 3.8) is 0 Å². The van der Waals surface area contributed by atoms with E-state index in [2.05, 4.69) is 24.5 Å². The van der Waals surface area contributed by atoms with Gasteiger partial charge in [-0.25, -0.2) is 4.79 Å². The van der Waals surface area contributed by atoms with E-state index >= 15 is 0 Å². The molecule has 3 N–H and O–H groups in total. The standard InChI is InChI=1S/C19H36N2O5/c1-7-19(5,26-13-12-18(3,4)20-6)11-10-16(23)21-15(17(24)25)9-8-14(2)22/h15,20H,7-13H2,1-6H3,(H,21,23)(H,24,25). The first-order chi connectivity index (χ1) is 11.9. The Balaban J connectivity index is 4.48. The van der Waals surface area contributed by atoms with Gasteiger partial charge in [0.15, 0.2) is 0 Å². The average molecular weight is 373 g/mol. The summed E-state index contributed by atoms with van der Waals surface area (Å²) in [4.78, 5) is 34.4. The van der Waals surface area contributed by atoms with Crippen molar-refractivity contribution in [1.82, 2.24) is 10.6 Å². The first-order valence-electron chi connectivity index (χ1n) is 9.29. The average Bonchev–Trinajstić information content (AvgIpc) is 2.56. The summed E-state index contributed by atoms with van der Waals surface area (Å²) in [6.07, 6.45) is 2.54. The topological polar surface area (TPSA) is 105 Å². The maximum absolute atomic E-state index is 12.1. The maximum Gasteiger partial charge on any atom is 0.326 e. The Morgan fingerprint density at radius 3 is 2.19 bits per heavy atom. The van der Waals surface area contributed by atoms with E-state index in [-0.39, 0.29) is 36.5 Å². The molecule has 7 heteroatoms. The fraction of sp³-hybridized carbons (Fsp3) is 0.842. The van der Waals surface area contributed by atoms with Crippen LogP contribution in [0.3, 0.4) is 0 Å². The molecule has 0 radical (unpaired) electrons. The van der Waals surface area contributed by atoms with E-state index in [4.69, 9.17) is 9.84 Å². The van der Waals surface area contributed by atoms with Gasteiger partial charge in [-0.1, -0.05) is 6.92 Å². The second kappa shape index (κ2) is 11.3. The zero-order chi connectivity index (χ0) is 20.4. The number of Topliss-reactive ketones (excluding diaryl/α,β-unsaturated/α-hetero) is 1. The number of hydrogen-bond acceptors (Lipinski definition) is 5. The van der Waals surface area contributed by atoms with Crippen LogP contribution in [0.4, 0.5) is 0 Å². The normalized spacial score (nSPS) is 15.2. The van der Waals surface area contributed by atoms with Gasteiger partial charge in [-0.05, 0) is 60.4 Å². The summed E-state index contributed by atoms with van der Waals surface area (Å²) in [6.45, 7) is 10.2. The number of carboxylic acid groups (broad SMARTS) is 1. The molecule has 0 saturated carbocycles. The third-order valence-electron chi connectivity index (χ3n) is 4.90. The fourth-order valence-corrected chi connectivity index (χ4v) is 2.28. The molecule has 0 heterocycles. The molecule has 2 unspecified atom stereocenters. The van der Waals surface area contributed by atoms with Crippen molar-refractivity contribution in [3.8, 4) is 0 Å². The third kappa shape index (κ3) is 10.5. The lowest BCUT2D eigenvalue weighted by Gasteiger charge is -2.31. The zero-order valence-electron chi connectivity index (χ0n) is 17.1. The van der Waals surface area contributed by atoms with Crippen LogP contribution in [0.1, 0.15) is 73.1 Å². The van der Waals surface area contributed by atoms with Crippen molar-refractivity contribution in [3.05, 3.63) is 0 Å². The molecule has 1 amide bonds. The molecule has 0 aliphatic rings. The number of ketones is 1. The molecule has 0 aromatic rings. The Morgan fingerprint density at radius 1 is 1.12 bits per heavy atom. The van der Waals surface area contributed by atoms with Crippen molar-refractivity contribution < 1.29 is 24.2 Å². The number of hydrogen-bond donors (Lipinski definition) is 3. The van der Waals surface area contributed by atoms with Crippen LogP contribution in [-0.4, -0.2) is 53.6 Å². The predicted molar refractivity (Wildman–Crippen MR) is 101 cm³/mol. The van der Waals surface area contributed by atoms with Gasteiger partial charge in [0, 0.05) is 25.0 Å². The molecule has 26 heavy (non-hydrogen) atoms. The van der Waals surface area contributed by atoms with Crippen LogP contribution >= 0.6 is 0 Å². The van der Waals surface area contributed by atoms with Crippen LogP contribution in [0.2, 0.25) is 0 Å². The molecule has 7 nitrogen and oxygen atoms in total. The minimum Gasteiger partial charge on any atom is -0.480 e. The fourth-order valence-electron chi connectivity index (χ4n) is 2.28. The molecule has 0 aromatic heterocycles. The third-order valence-corrected chi connectivity index (χ3v) is 4.90. The number of amides is 1. The maximum atomic E-state index is 12.1. The highest BCUT2D eigenvalue weighted by atomic mass is 16.5. The molecular weight excluding hydrogens is 336 g/mol. The molecule has 0 aliphatic carbocycles. The van der Waals surface area contributed by atoms with Gasteiger partial charge in [0.1, 0.15) is 11.8 Å². The number of carboxylic acids is 1. The quantitative estimate of drug-likeness (QED) is 0.432. The number of aliphatic carboxylic acids is 1. The van der Waals surface area contributed by atoms with Gasteiger partial charge >= 0.3 is 5.97 Å². The number of carbonyl (C=O) groups is 3. The smallest absolute Gasteiger partial charge is 0.326 e. The van der Waals surface area contributed by atoms with Gasteiger partial charge in [-0.15, -0.1) is 0 Å². The van der Waals surface area contributed by atoms with Crippen molar-refractivity contribution in [2.24, 2.45) is 0 Å². The SMILES string of the molecule is CCC(C)(CCC(=O)NC(CCC(C)=O)C(=O)O)OCCC(C)(C)NC. The minimum atomic E-state index is -1.12. The summed E-state index contributed by atoms with van der Waals surface area (Å²) in [6, 6.07) is -1.03. The van der Waals surface area contributed by atoms with Gasteiger partial charge < -0.3 is 25.3 Å². The van der Waals surface area contributed by atoms with Crippen molar-refractivity contribution in [2.45, 2.75) is 90.3 Å². The van der Waals surface area contributed by atoms with Gasteiger partial charge in [0.05, 0.1) is 5.60 Å². The van der Waals surface area contributed by atoms with Crippen LogP contribution in [0.5, 0.6) is 0 Å². The number of nitrogens with one attached hydrogen (secondary N) is 2. The lowest BCUT2D eigenvalue weighted by Crippen LogP contribution is -2.42. The summed E-state index contributed by atoms with van der Waals surface area (Å²) in [5, 5.41) is 14.9. The predicted octanol–water partition coefficient (Wildman–Crippen LogP) is 2.28. The Hall–Kier alpha value is -1.47. The van der Waals surface area contributed by atoms with E-state index in [1.54, 1.807) is 0 Å². The molecular formula is C19H36N2O5.